The highest BCUT2D eigenvalue weighted by molar-refractivity contribution is 6.30. The van der Waals surface area contributed by atoms with Crippen LogP contribution in [0.5, 0.6) is 5.75 Å². The topological polar surface area (TPSA) is 74.5 Å². The van der Waals surface area contributed by atoms with Gasteiger partial charge in [-0.3, -0.25) is 0 Å². The van der Waals surface area contributed by atoms with E-state index in [9.17, 15) is 4.79 Å². The molecule has 3 rings (SSSR count). The van der Waals surface area contributed by atoms with Crippen LogP contribution < -0.4 is 4.74 Å². The predicted octanol–water partition coefficient (Wildman–Crippen LogP) is 4.55. The molecule has 0 atom stereocenters. The van der Waals surface area contributed by atoms with Crippen LogP contribution in [0.4, 0.5) is 0 Å². The lowest BCUT2D eigenvalue weighted by molar-refractivity contribution is -0.139. The summed E-state index contributed by atoms with van der Waals surface area (Å²) in [7, 11) is 0. The van der Waals surface area contributed by atoms with Crippen molar-refractivity contribution in [3.8, 4) is 17.1 Å². The lowest BCUT2D eigenvalue weighted by Crippen LogP contribution is -2.01. The Morgan fingerprint density at radius 1 is 1.22 bits per heavy atom. The molecule has 2 aromatic carbocycles. The van der Waals surface area contributed by atoms with Crippen molar-refractivity contribution < 1.29 is 18.8 Å². The van der Waals surface area contributed by atoms with Crippen molar-refractivity contribution in [1.82, 2.24) is 10.1 Å². The fourth-order valence-electron chi connectivity index (χ4n) is 2.25. The van der Waals surface area contributed by atoms with Crippen LogP contribution in [-0.2, 0) is 16.1 Å². The van der Waals surface area contributed by atoms with Gasteiger partial charge in [-0.05, 0) is 42.8 Å². The maximum absolute atomic E-state index is 11.8. The molecule has 1 heterocycles. The number of carbonyl (C=O) groups is 1. The Morgan fingerprint density at radius 3 is 2.78 bits per heavy atom. The van der Waals surface area contributed by atoms with Gasteiger partial charge in [-0.15, -0.1) is 0 Å². The van der Waals surface area contributed by atoms with Gasteiger partial charge in [0.05, 0.1) is 6.61 Å². The van der Waals surface area contributed by atoms with Gasteiger partial charge >= 0.3 is 5.97 Å². The van der Waals surface area contributed by atoms with Crippen molar-refractivity contribution in [2.45, 2.75) is 13.5 Å². The second kappa shape index (κ2) is 9.00. The van der Waals surface area contributed by atoms with Crippen molar-refractivity contribution in [3.05, 3.63) is 71.1 Å². The molecule has 138 valence electrons. The minimum absolute atomic E-state index is 0.111. The summed E-state index contributed by atoms with van der Waals surface area (Å²) < 4.78 is 15.6. The van der Waals surface area contributed by atoms with Gasteiger partial charge in [0.25, 0.3) is 5.89 Å². The third kappa shape index (κ3) is 5.43. The van der Waals surface area contributed by atoms with E-state index in [1.54, 1.807) is 24.3 Å². The molecule has 0 N–H and O–H groups in total. The van der Waals surface area contributed by atoms with Crippen LogP contribution in [0, 0.1) is 0 Å². The van der Waals surface area contributed by atoms with E-state index >= 15 is 0 Å². The van der Waals surface area contributed by atoms with Gasteiger partial charge in [0.1, 0.15) is 5.75 Å². The smallest absolute Gasteiger partial charge is 0.331 e. The summed E-state index contributed by atoms with van der Waals surface area (Å²) in [4.78, 5) is 16.0. The molecule has 0 amide bonds. The first-order chi connectivity index (χ1) is 13.1. The van der Waals surface area contributed by atoms with Gasteiger partial charge in [-0.25, -0.2) is 4.79 Å². The van der Waals surface area contributed by atoms with Crippen molar-refractivity contribution in [2.75, 3.05) is 6.61 Å². The fraction of sp³-hybridized carbons (Fsp3) is 0.150. The Morgan fingerprint density at radius 2 is 2.04 bits per heavy atom. The van der Waals surface area contributed by atoms with Crippen LogP contribution in [0.1, 0.15) is 18.4 Å². The number of nitrogens with zero attached hydrogens (tertiary/aromatic N) is 2. The number of hydrogen-bond acceptors (Lipinski definition) is 6. The number of halogens is 1. The Balaban J connectivity index is 1.53. The Bertz CT molecular complexity index is 935. The number of esters is 1. The van der Waals surface area contributed by atoms with E-state index in [-0.39, 0.29) is 12.5 Å². The molecule has 27 heavy (non-hydrogen) atoms. The number of benzene rings is 2. The summed E-state index contributed by atoms with van der Waals surface area (Å²) in [6.45, 7) is 2.42. The molecule has 3 aromatic rings. The second-order valence-corrected chi connectivity index (χ2v) is 5.90. The minimum Gasteiger partial charge on any atom is -0.494 e. The van der Waals surface area contributed by atoms with Crippen LogP contribution in [0.15, 0.2) is 59.1 Å². The largest absolute Gasteiger partial charge is 0.494 e. The molecule has 6 nitrogen and oxygen atoms in total. The second-order valence-electron chi connectivity index (χ2n) is 5.47. The quantitative estimate of drug-likeness (QED) is 0.439. The van der Waals surface area contributed by atoms with Gasteiger partial charge in [0.15, 0.2) is 6.61 Å². The third-order valence-corrected chi connectivity index (χ3v) is 3.73. The van der Waals surface area contributed by atoms with E-state index in [0.717, 1.165) is 16.9 Å². The lowest BCUT2D eigenvalue weighted by atomic mass is 10.2. The van der Waals surface area contributed by atoms with Crippen LogP contribution >= 0.6 is 11.6 Å². The first-order valence-corrected chi connectivity index (χ1v) is 8.68. The average Bonchev–Trinajstić information content (AvgIpc) is 3.15. The predicted molar refractivity (Wildman–Crippen MR) is 101 cm³/mol. The summed E-state index contributed by atoms with van der Waals surface area (Å²) in [5, 5.41) is 4.43. The Kier molecular flexibility index (Phi) is 6.22. The van der Waals surface area contributed by atoms with E-state index in [1.165, 1.54) is 6.08 Å². The molecular weight excluding hydrogens is 368 g/mol. The van der Waals surface area contributed by atoms with Crippen molar-refractivity contribution in [2.24, 2.45) is 0 Å². The molecule has 0 bridgehead atoms. The van der Waals surface area contributed by atoms with Gasteiger partial charge in [-0.1, -0.05) is 41.0 Å². The fourth-order valence-corrected chi connectivity index (χ4v) is 2.44. The molecular formula is C20H17ClN2O4. The number of hydrogen-bond donors (Lipinski definition) is 0. The van der Waals surface area contributed by atoms with Gasteiger partial charge < -0.3 is 14.0 Å². The maximum atomic E-state index is 11.8. The summed E-state index contributed by atoms with van der Waals surface area (Å²) in [5.41, 5.74) is 1.58. The summed E-state index contributed by atoms with van der Waals surface area (Å²) in [6, 6.07) is 14.5. The van der Waals surface area contributed by atoms with Crippen molar-refractivity contribution >= 4 is 23.6 Å². The average molecular weight is 385 g/mol. The highest BCUT2D eigenvalue weighted by atomic mass is 35.5. The molecule has 0 unspecified atom stereocenters. The van der Waals surface area contributed by atoms with Crippen LogP contribution in [0.3, 0.4) is 0 Å². The highest BCUT2D eigenvalue weighted by Gasteiger charge is 2.10. The Labute approximate surface area is 161 Å². The molecule has 0 fully saturated rings. The van der Waals surface area contributed by atoms with E-state index in [1.807, 2.05) is 37.3 Å². The molecule has 0 aliphatic rings. The van der Waals surface area contributed by atoms with Crippen LogP contribution in [-0.4, -0.2) is 22.7 Å². The van der Waals surface area contributed by atoms with Crippen molar-refractivity contribution in [1.29, 1.82) is 0 Å². The molecule has 0 aliphatic carbocycles. The number of aromatic nitrogens is 2. The van der Waals surface area contributed by atoms with E-state index in [2.05, 4.69) is 10.1 Å². The van der Waals surface area contributed by atoms with Gasteiger partial charge in [0, 0.05) is 16.7 Å². The maximum Gasteiger partial charge on any atom is 0.331 e. The molecule has 0 aliphatic heterocycles. The molecule has 7 heteroatoms. The van der Waals surface area contributed by atoms with E-state index in [4.69, 9.17) is 25.6 Å². The first kappa shape index (κ1) is 18.7. The monoisotopic (exact) mass is 384 g/mol. The third-order valence-electron chi connectivity index (χ3n) is 3.49. The van der Waals surface area contributed by atoms with Gasteiger partial charge in [-0.2, -0.15) is 4.98 Å². The van der Waals surface area contributed by atoms with Gasteiger partial charge in [0.2, 0.25) is 5.82 Å². The molecule has 0 saturated carbocycles. The zero-order chi connectivity index (χ0) is 19.1. The number of carbonyl (C=O) groups excluding carboxylic acids is 1. The molecule has 0 spiro atoms. The minimum atomic E-state index is -0.508. The van der Waals surface area contributed by atoms with Crippen LogP contribution in [0.2, 0.25) is 5.02 Å². The van der Waals surface area contributed by atoms with E-state index in [0.29, 0.717) is 17.5 Å². The zero-order valence-corrected chi connectivity index (χ0v) is 15.3. The summed E-state index contributed by atoms with van der Waals surface area (Å²) >= 11 is 5.94. The zero-order valence-electron chi connectivity index (χ0n) is 14.6. The number of ether oxygens (including phenoxy) is 2. The summed E-state index contributed by atoms with van der Waals surface area (Å²) in [6.07, 6.45) is 2.99. The number of rotatable bonds is 7. The van der Waals surface area contributed by atoms with Crippen LogP contribution in [0.25, 0.3) is 17.5 Å². The summed E-state index contributed by atoms with van der Waals surface area (Å²) in [5.74, 6) is 0.858. The van der Waals surface area contributed by atoms with E-state index < -0.39 is 5.97 Å². The normalized spacial score (nSPS) is 10.9. The molecule has 0 radical (unpaired) electrons. The first-order valence-electron chi connectivity index (χ1n) is 8.30. The highest BCUT2D eigenvalue weighted by Crippen LogP contribution is 2.20. The SMILES string of the molecule is CCOc1ccc(/C=C/C(=O)OCc2nc(-c3cccc(Cl)c3)no2)cc1. The molecule has 1 aromatic heterocycles. The molecule has 0 saturated heterocycles. The lowest BCUT2D eigenvalue weighted by Gasteiger charge is -2.02. The van der Waals surface area contributed by atoms with Crippen molar-refractivity contribution in [3.63, 3.8) is 0 Å². The Hall–Kier alpha value is -3.12. The standard InChI is InChI=1S/C20H17ClN2O4/c1-2-25-17-9-6-14(7-10-17)8-11-19(24)26-13-18-22-20(23-27-18)15-4-3-5-16(21)12-15/h3-12H,2,13H2,1H3/b11-8+.